The quantitative estimate of drug-likeness (QED) is 0.645. The molecular weight excluding hydrogens is 382 g/mol. The van der Waals surface area contributed by atoms with Gasteiger partial charge in [0.15, 0.2) is 9.84 Å². The third kappa shape index (κ3) is 4.10. The molecule has 1 aliphatic rings. The van der Waals surface area contributed by atoms with E-state index in [2.05, 4.69) is 0 Å². The van der Waals surface area contributed by atoms with Crippen molar-refractivity contribution in [1.29, 1.82) is 0 Å². The average molecular weight is 406 g/mol. The lowest BCUT2D eigenvalue weighted by molar-refractivity contribution is 0.0725. The summed E-state index contributed by atoms with van der Waals surface area (Å²) in [5, 5.41) is -0.436. The minimum atomic E-state index is -3.35. The minimum Gasteiger partial charge on any atom is -0.339 e. The van der Waals surface area contributed by atoms with Crippen molar-refractivity contribution in [2.45, 2.75) is 23.0 Å². The Bertz CT molecular complexity index is 1070. The SMILES string of the molecule is O=C(c1ccc(-c2ccccc2)cc1)N1CCC(S(=O)(=O)c2ccccc2)CC1. The van der Waals surface area contributed by atoms with Gasteiger partial charge in [0.2, 0.25) is 0 Å². The Morgan fingerprint density at radius 3 is 1.83 bits per heavy atom. The number of nitrogens with zero attached hydrogens (tertiary/aromatic N) is 1. The van der Waals surface area contributed by atoms with Crippen LogP contribution in [0.3, 0.4) is 0 Å². The molecule has 1 saturated heterocycles. The van der Waals surface area contributed by atoms with E-state index in [9.17, 15) is 13.2 Å². The van der Waals surface area contributed by atoms with E-state index in [0.29, 0.717) is 36.4 Å². The molecule has 0 bridgehead atoms. The summed E-state index contributed by atoms with van der Waals surface area (Å²) in [6.07, 6.45) is 0.927. The van der Waals surface area contributed by atoms with Gasteiger partial charge in [-0.05, 0) is 48.2 Å². The molecule has 5 heteroatoms. The van der Waals surface area contributed by atoms with Crippen molar-refractivity contribution >= 4 is 15.7 Å². The van der Waals surface area contributed by atoms with Gasteiger partial charge in [0, 0.05) is 18.7 Å². The summed E-state index contributed by atoms with van der Waals surface area (Å²) in [7, 11) is -3.35. The maximum absolute atomic E-state index is 12.9. The van der Waals surface area contributed by atoms with Gasteiger partial charge in [-0.3, -0.25) is 4.79 Å². The highest BCUT2D eigenvalue weighted by Gasteiger charge is 2.32. The minimum absolute atomic E-state index is 0.0415. The molecular formula is C24H23NO3S. The van der Waals surface area contributed by atoms with E-state index >= 15 is 0 Å². The second-order valence-corrected chi connectivity index (χ2v) is 9.52. The van der Waals surface area contributed by atoms with Crippen LogP contribution in [0.25, 0.3) is 11.1 Å². The van der Waals surface area contributed by atoms with Gasteiger partial charge < -0.3 is 4.90 Å². The van der Waals surface area contributed by atoms with Crippen molar-refractivity contribution in [2.75, 3.05) is 13.1 Å². The van der Waals surface area contributed by atoms with Gasteiger partial charge in [0.25, 0.3) is 5.91 Å². The second-order valence-electron chi connectivity index (χ2n) is 7.29. The predicted octanol–water partition coefficient (Wildman–Crippen LogP) is 4.43. The Morgan fingerprint density at radius 1 is 0.724 bits per heavy atom. The molecule has 148 valence electrons. The summed E-state index contributed by atoms with van der Waals surface area (Å²) in [5.74, 6) is -0.0415. The number of carbonyl (C=O) groups is 1. The van der Waals surface area contributed by atoms with Crippen LogP contribution in [0, 0.1) is 0 Å². The molecule has 4 rings (SSSR count). The van der Waals surface area contributed by atoms with Crippen molar-refractivity contribution in [3.05, 3.63) is 90.5 Å². The molecule has 1 heterocycles. The zero-order valence-electron chi connectivity index (χ0n) is 16.1. The topological polar surface area (TPSA) is 54.5 Å². The zero-order chi connectivity index (χ0) is 20.3. The van der Waals surface area contributed by atoms with Gasteiger partial charge in [-0.15, -0.1) is 0 Å². The van der Waals surface area contributed by atoms with E-state index in [1.165, 1.54) is 0 Å². The third-order valence-electron chi connectivity index (χ3n) is 5.48. The monoisotopic (exact) mass is 405 g/mol. The number of rotatable bonds is 4. The summed E-state index contributed by atoms with van der Waals surface area (Å²) >= 11 is 0. The number of hydrogen-bond acceptors (Lipinski definition) is 3. The number of likely N-dealkylation sites (tertiary alicyclic amines) is 1. The first kappa shape index (κ1) is 19.4. The smallest absolute Gasteiger partial charge is 0.253 e. The molecule has 0 radical (unpaired) electrons. The first-order valence-corrected chi connectivity index (χ1v) is 11.3. The summed E-state index contributed by atoms with van der Waals surface area (Å²) < 4.78 is 25.6. The Morgan fingerprint density at radius 2 is 1.24 bits per heavy atom. The van der Waals surface area contributed by atoms with Crippen molar-refractivity contribution in [1.82, 2.24) is 4.90 Å². The largest absolute Gasteiger partial charge is 0.339 e. The number of hydrogen-bond donors (Lipinski definition) is 0. The van der Waals surface area contributed by atoms with Gasteiger partial charge in [-0.1, -0.05) is 60.7 Å². The van der Waals surface area contributed by atoms with Crippen molar-refractivity contribution < 1.29 is 13.2 Å². The van der Waals surface area contributed by atoms with Gasteiger partial charge in [-0.25, -0.2) is 8.42 Å². The number of sulfone groups is 1. The van der Waals surface area contributed by atoms with Crippen molar-refractivity contribution in [3.63, 3.8) is 0 Å². The normalized spacial score (nSPS) is 15.2. The Labute approximate surface area is 171 Å². The lowest BCUT2D eigenvalue weighted by atomic mass is 10.0. The van der Waals surface area contributed by atoms with E-state index in [0.717, 1.165) is 11.1 Å². The van der Waals surface area contributed by atoms with Crippen LogP contribution in [0.1, 0.15) is 23.2 Å². The lowest BCUT2D eigenvalue weighted by Gasteiger charge is -2.31. The molecule has 0 aromatic heterocycles. The molecule has 0 saturated carbocycles. The number of benzene rings is 3. The molecule has 3 aromatic rings. The highest BCUT2D eigenvalue weighted by atomic mass is 32.2. The number of piperidine rings is 1. The lowest BCUT2D eigenvalue weighted by Crippen LogP contribution is -2.42. The molecule has 0 N–H and O–H groups in total. The summed E-state index contributed by atoms with van der Waals surface area (Å²) in [6.45, 7) is 0.909. The first-order valence-electron chi connectivity index (χ1n) is 9.79. The fraction of sp³-hybridized carbons (Fsp3) is 0.208. The van der Waals surface area contributed by atoms with Crippen LogP contribution >= 0.6 is 0 Å². The highest BCUT2D eigenvalue weighted by molar-refractivity contribution is 7.92. The van der Waals surface area contributed by atoms with E-state index in [-0.39, 0.29) is 5.91 Å². The van der Waals surface area contributed by atoms with Gasteiger partial charge in [0.1, 0.15) is 0 Å². The highest BCUT2D eigenvalue weighted by Crippen LogP contribution is 2.26. The van der Waals surface area contributed by atoms with Gasteiger partial charge in [0.05, 0.1) is 10.1 Å². The Kier molecular flexibility index (Phi) is 5.49. The Balaban J connectivity index is 1.42. The van der Waals surface area contributed by atoms with Crippen LogP contribution in [0.5, 0.6) is 0 Å². The van der Waals surface area contributed by atoms with Crippen LogP contribution < -0.4 is 0 Å². The fourth-order valence-corrected chi connectivity index (χ4v) is 5.54. The molecule has 0 aliphatic carbocycles. The van der Waals surface area contributed by atoms with Gasteiger partial charge in [-0.2, -0.15) is 0 Å². The van der Waals surface area contributed by atoms with Crippen molar-refractivity contribution in [3.8, 4) is 11.1 Å². The standard InChI is InChI=1S/C24H23NO3S/c26-24(21-13-11-20(12-14-21)19-7-3-1-4-8-19)25-17-15-23(16-18-25)29(27,28)22-9-5-2-6-10-22/h1-14,23H,15-18H2. The molecule has 29 heavy (non-hydrogen) atoms. The molecule has 1 fully saturated rings. The van der Waals surface area contributed by atoms with Crippen LogP contribution in [-0.4, -0.2) is 37.6 Å². The molecule has 0 atom stereocenters. The van der Waals surface area contributed by atoms with E-state index in [1.807, 2.05) is 60.7 Å². The first-order chi connectivity index (χ1) is 14.1. The van der Waals surface area contributed by atoms with E-state index in [4.69, 9.17) is 0 Å². The van der Waals surface area contributed by atoms with Crippen LogP contribution in [0.15, 0.2) is 89.8 Å². The van der Waals surface area contributed by atoms with Crippen LogP contribution in [0.4, 0.5) is 0 Å². The van der Waals surface area contributed by atoms with Crippen molar-refractivity contribution in [2.24, 2.45) is 0 Å². The maximum Gasteiger partial charge on any atom is 0.253 e. The average Bonchev–Trinajstić information content (AvgIpc) is 2.80. The number of carbonyl (C=O) groups excluding carboxylic acids is 1. The van der Waals surface area contributed by atoms with E-state index in [1.54, 1.807) is 29.2 Å². The van der Waals surface area contributed by atoms with Gasteiger partial charge >= 0.3 is 0 Å². The molecule has 1 aliphatic heterocycles. The molecule has 3 aromatic carbocycles. The molecule has 4 nitrogen and oxygen atoms in total. The number of amides is 1. The Hall–Kier alpha value is -2.92. The maximum atomic E-state index is 12.9. The summed E-state index contributed by atoms with van der Waals surface area (Å²) in [5.41, 5.74) is 2.81. The summed E-state index contributed by atoms with van der Waals surface area (Å²) in [6, 6.07) is 26.2. The predicted molar refractivity (Wildman–Crippen MR) is 114 cm³/mol. The second kappa shape index (κ2) is 8.21. The fourth-order valence-electron chi connectivity index (χ4n) is 3.79. The molecule has 0 unspecified atom stereocenters. The summed E-state index contributed by atoms with van der Waals surface area (Å²) in [4.78, 5) is 15.0. The van der Waals surface area contributed by atoms with Crippen LogP contribution in [0.2, 0.25) is 0 Å². The molecule has 0 spiro atoms. The zero-order valence-corrected chi connectivity index (χ0v) is 16.9. The van der Waals surface area contributed by atoms with E-state index < -0.39 is 15.1 Å². The molecule has 1 amide bonds. The third-order valence-corrected chi connectivity index (χ3v) is 7.76. The van der Waals surface area contributed by atoms with Crippen LogP contribution in [-0.2, 0) is 9.84 Å².